The normalized spacial score (nSPS) is 11.2. The van der Waals surface area contributed by atoms with E-state index in [1.807, 2.05) is 12.1 Å². The Bertz CT molecular complexity index is 763. The maximum Gasteiger partial charge on any atom is 0.348 e. The summed E-state index contributed by atoms with van der Waals surface area (Å²) >= 11 is 1.07. The summed E-state index contributed by atoms with van der Waals surface area (Å²) in [5.74, 6) is -0.951. The highest BCUT2D eigenvalue weighted by molar-refractivity contribution is 7.15. The molecule has 0 fully saturated rings. The van der Waals surface area contributed by atoms with Gasteiger partial charge in [0, 0.05) is 5.56 Å². The van der Waals surface area contributed by atoms with Gasteiger partial charge in [0.25, 0.3) is 0 Å². The van der Waals surface area contributed by atoms with E-state index < -0.39 is 5.97 Å². The molecule has 24 heavy (non-hydrogen) atoms. The predicted octanol–water partition coefficient (Wildman–Crippen LogP) is 4.29. The van der Waals surface area contributed by atoms with Crippen molar-refractivity contribution < 1.29 is 19.1 Å². The molecule has 2 rings (SSSR count). The molecule has 0 amide bonds. The van der Waals surface area contributed by atoms with Gasteiger partial charge in [0.15, 0.2) is 18.2 Å². The maximum atomic E-state index is 12.1. The van der Waals surface area contributed by atoms with Crippen LogP contribution in [0.25, 0.3) is 0 Å². The second-order valence-electron chi connectivity index (χ2n) is 6.55. The first-order valence-electron chi connectivity index (χ1n) is 7.60. The molecule has 5 heteroatoms. The minimum atomic E-state index is -0.591. The molecule has 126 valence electrons. The van der Waals surface area contributed by atoms with E-state index in [0.717, 1.165) is 16.9 Å². The first-order valence-corrected chi connectivity index (χ1v) is 8.42. The molecule has 0 aliphatic rings. The van der Waals surface area contributed by atoms with E-state index in [-0.39, 0.29) is 23.6 Å². The molecule has 0 atom stereocenters. The minimum absolute atomic E-state index is 0.0155. The van der Waals surface area contributed by atoms with Crippen molar-refractivity contribution >= 4 is 28.9 Å². The van der Waals surface area contributed by atoms with E-state index in [4.69, 9.17) is 4.74 Å². The molecule has 0 saturated heterocycles. The third kappa shape index (κ3) is 4.38. The van der Waals surface area contributed by atoms with Gasteiger partial charge in [-0.15, -0.1) is 11.3 Å². The van der Waals surface area contributed by atoms with Crippen LogP contribution >= 0.6 is 11.3 Å². The van der Waals surface area contributed by atoms with Gasteiger partial charge >= 0.3 is 5.97 Å². The number of ketones is 2. The Balaban J connectivity index is 1.97. The lowest BCUT2D eigenvalue weighted by molar-refractivity contribution is 0.0479. The van der Waals surface area contributed by atoms with Crippen molar-refractivity contribution in [3.05, 3.63) is 57.3 Å². The number of rotatable bonds is 5. The topological polar surface area (TPSA) is 60.4 Å². The van der Waals surface area contributed by atoms with E-state index in [1.54, 1.807) is 18.2 Å². The minimum Gasteiger partial charge on any atom is -0.453 e. The summed E-state index contributed by atoms with van der Waals surface area (Å²) in [7, 11) is 0. The monoisotopic (exact) mass is 344 g/mol. The molecule has 0 N–H and O–H groups in total. The van der Waals surface area contributed by atoms with Crippen LogP contribution in [0.15, 0.2) is 36.4 Å². The average Bonchev–Trinajstić information content (AvgIpc) is 3.02. The Morgan fingerprint density at radius 3 is 2.04 bits per heavy atom. The van der Waals surface area contributed by atoms with Crippen LogP contribution in [0.5, 0.6) is 0 Å². The van der Waals surface area contributed by atoms with Gasteiger partial charge in [0.2, 0.25) is 0 Å². The van der Waals surface area contributed by atoms with E-state index in [2.05, 4.69) is 20.8 Å². The lowest BCUT2D eigenvalue weighted by Crippen LogP contribution is -2.15. The van der Waals surface area contributed by atoms with Crippen LogP contribution in [0, 0.1) is 0 Å². The maximum absolute atomic E-state index is 12.1. The van der Waals surface area contributed by atoms with Gasteiger partial charge in [-0.2, -0.15) is 0 Å². The molecule has 1 aromatic heterocycles. The van der Waals surface area contributed by atoms with Crippen LogP contribution in [-0.2, 0) is 10.2 Å². The Kier molecular flexibility index (Phi) is 5.34. The van der Waals surface area contributed by atoms with Crippen molar-refractivity contribution in [2.75, 3.05) is 6.61 Å². The summed E-state index contributed by atoms with van der Waals surface area (Å²) in [6.07, 6.45) is 0. The fourth-order valence-electron chi connectivity index (χ4n) is 2.08. The number of benzene rings is 1. The summed E-state index contributed by atoms with van der Waals surface area (Å²) in [5, 5.41) is 0. The molecule has 0 aliphatic heterocycles. The number of Topliss-reactive ketones (excluding diaryl/α,β-unsaturated/α-hetero) is 2. The molecule has 0 radical (unpaired) electrons. The average molecular weight is 344 g/mol. The van der Waals surface area contributed by atoms with E-state index in [0.29, 0.717) is 15.3 Å². The molecule has 2 aromatic rings. The number of thiophene rings is 1. The second-order valence-corrected chi connectivity index (χ2v) is 7.63. The zero-order valence-corrected chi connectivity index (χ0v) is 15.0. The molecule has 0 spiro atoms. The third-order valence-corrected chi connectivity index (χ3v) is 4.73. The zero-order chi connectivity index (χ0) is 17.9. The van der Waals surface area contributed by atoms with Crippen LogP contribution in [0.2, 0.25) is 0 Å². The molecule has 0 saturated carbocycles. The number of carbonyl (C=O) groups excluding carboxylic acids is 3. The fourth-order valence-corrected chi connectivity index (χ4v) is 2.87. The largest absolute Gasteiger partial charge is 0.453 e. The van der Waals surface area contributed by atoms with Crippen LogP contribution in [-0.4, -0.2) is 24.1 Å². The number of ether oxygens (including phenoxy) is 1. The number of esters is 1. The highest BCUT2D eigenvalue weighted by Gasteiger charge is 2.17. The zero-order valence-electron chi connectivity index (χ0n) is 14.2. The molecule has 0 unspecified atom stereocenters. The molecule has 1 aromatic carbocycles. The fraction of sp³-hybridized carbons (Fsp3) is 0.316. The highest BCUT2D eigenvalue weighted by Crippen LogP contribution is 2.22. The quantitative estimate of drug-likeness (QED) is 0.600. The number of carbonyl (C=O) groups is 3. The van der Waals surface area contributed by atoms with E-state index >= 15 is 0 Å². The van der Waals surface area contributed by atoms with Gasteiger partial charge in [-0.1, -0.05) is 45.0 Å². The van der Waals surface area contributed by atoms with Crippen LogP contribution in [0.3, 0.4) is 0 Å². The molecular formula is C19H20O4S. The van der Waals surface area contributed by atoms with Gasteiger partial charge in [-0.05, 0) is 30.0 Å². The van der Waals surface area contributed by atoms with Gasteiger partial charge in [0.1, 0.15) is 4.88 Å². The Hall–Kier alpha value is -2.27. The van der Waals surface area contributed by atoms with Gasteiger partial charge in [0.05, 0.1) is 4.88 Å². The van der Waals surface area contributed by atoms with Crippen molar-refractivity contribution in [1.29, 1.82) is 0 Å². The Morgan fingerprint density at radius 2 is 1.54 bits per heavy atom. The van der Waals surface area contributed by atoms with Crippen LogP contribution in [0.4, 0.5) is 0 Å². The molecular weight excluding hydrogens is 324 g/mol. The summed E-state index contributed by atoms with van der Waals surface area (Å²) in [6, 6.07) is 10.4. The van der Waals surface area contributed by atoms with Crippen molar-refractivity contribution in [3.63, 3.8) is 0 Å². The smallest absolute Gasteiger partial charge is 0.348 e. The van der Waals surface area contributed by atoms with Crippen molar-refractivity contribution in [1.82, 2.24) is 0 Å². The van der Waals surface area contributed by atoms with Gasteiger partial charge < -0.3 is 4.74 Å². The highest BCUT2D eigenvalue weighted by atomic mass is 32.1. The molecule has 0 aliphatic carbocycles. The first kappa shape index (κ1) is 18.1. The standard InChI is InChI=1S/C19H20O4S/c1-12(20)16-9-10-17(24-16)18(22)23-11-15(21)13-5-7-14(8-6-13)19(2,3)4/h5-10H,11H2,1-4H3. The van der Waals surface area contributed by atoms with Crippen molar-refractivity contribution in [3.8, 4) is 0 Å². The van der Waals surface area contributed by atoms with Crippen LogP contribution < -0.4 is 0 Å². The summed E-state index contributed by atoms with van der Waals surface area (Å²) < 4.78 is 5.05. The van der Waals surface area contributed by atoms with Gasteiger partial charge in [-0.25, -0.2) is 4.79 Å². The van der Waals surface area contributed by atoms with E-state index in [1.165, 1.54) is 13.0 Å². The van der Waals surface area contributed by atoms with E-state index in [9.17, 15) is 14.4 Å². The lowest BCUT2D eigenvalue weighted by Gasteiger charge is -2.18. The van der Waals surface area contributed by atoms with Crippen molar-refractivity contribution in [2.24, 2.45) is 0 Å². The number of hydrogen-bond acceptors (Lipinski definition) is 5. The first-order chi connectivity index (χ1) is 11.2. The Morgan fingerprint density at radius 1 is 0.958 bits per heavy atom. The summed E-state index contributed by atoms with van der Waals surface area (Å²) in [5.41, 5.74) is 1.65. The van der Waals surface area contributed by atoms with Gasteiger partial charge in [-0.3, -0.25) is 9.59 Å². The number of hydrogen-bond donors (Lipinski definition) is 0. The summed E-state index contributed by atoms with van der Waals surface area (Å²) in [6.45, 7) is 7.42. The van der Waals surface area contributed by atoms with Crippen molar-refractivity contribution in [2.45, 2.75) is 33.1 Å². The summed E-state index contributed by atoms with van der Waals surface area (Å²) in [4.78, 5) is 36.1. The lowest BCUT2D eigenvalue weighted by atomic mass is 9.86. The second kappa shape index (κ2) is 7.09. The third-order valence-electron chi connectivity index (χ3n) is 3.56. The Labute approximate surface area is 145 Å². The SMILES string of the molecule is CC(=O)c1ccc(C(=O)OCC(=O)c2ccc(C(C)(C)C)cc2)s1. The molecule has 1 heterocycles. The van der Waals surface area contributed by atoms with Crippen LogP contribution in [0.1, 0.15) is 63.0 Å². The predicted molar refractivity (Wildman–Crippen MR) is 94.1 cm³/mol. The molecule has 4 nitrogen and oxygen atoms in total. The molecule has 0 bridgehead atoms.